The highest BCUT2D eigenvalue weighted by Gasteiger charge is 2.12. The van der Waals surface area contributed by atoms with Gasteiger partial charge in [-0.15, -0.1) is 11.8 Å². The van der Waals surface area contributed by atoms with Crippen molar-refractivity contribution in [3.05, 3.63) is 72.3 Å². The number of esters is 1. The maximum Gasteiger partial charge on any atom is 0.325 e. The summed E-state index contributed by atoms with van der Waals surface area (Å²) in [6.45, 7) is -0.838. The molecule has 0 heterocycles. The summed E-state index contributed by atoms with van der Waals surface area (Å²) >= 11 is 1.29. The lowest BCUT2D eigenvalue weighted by Gasteiger charge is -2.10. The van der Waals surface area contributed by atoms with E-state index in [0.29, 0.717) is 11.3 Å². The molecule has 156 valence electrons. The van der Waals surface area contributed by atoms with Gasteiger partial charge in [-0.05, 0) is 35.0 Å². The molecule has 0 aliphatic rings. The van der Waals surface area contributed by atoms with Crippen molar-refractivity contribution in [3.63, 3.8) is 0 Å². The fourth-order valence-electron chi connectivity index (χ4n) is 2.77. The Bertz CT molecular complexity index is 1160. The van der Waals surface area contributed by atoms with Crippen LogP contribution in [0.3, 0.4) is 0 Å². The molecule has 0 aliphatic heterocycles. The molecule has 0 unspecified atom stereocenters. The predicted molar refractivity (Wildman–Crippen MR) is 119 cm³/mol. The second-order valence-electron chi connectivity index (χ2n) is 6.40. The summed E-state index contributed by atoms with van der Waals surface area (Å²) in [4.78, 5) is 37.0. The zero-order valence-electron chi connectivity index (χ0n) is 16.5. The number of carbonyl (C=O) groups excluding carboxylic acids is 3. The van der Waals surface area contributed by atoms with E-state index >= 15 is 0 Å². The first kappa shape index (κ1) is 21.9. The summed E-state index contributed by atoms with van der Waals surface area (Å²) in [6, 6.07) is 22.0. The van der Waals surface area contributed by atoms with Crippen molar-refractivity contribution in [1.29, 1.82) is 5.26 Å². The lowest BCUT2D eigenvalue weighted by molar-refractivity contribution is -0.146. The molecule has 3 aromatic carbocycles. The number of amides is 2. The standard InChI is InChI=1S/C23H19N3O4S/c24-11-12-31-20-8-4-3-7-19(20)26-21(27)15-30-22(28)14-25-23(29)18-10-9-16-5-1-2-6-17(16)13-18/h1-10,13H,12,14-15H2,(H,25,29)(H,26,27). The van der Waals surface area contributed by atoms with Crippen molar-refractivity contribution in [3.8, 4) is 6.07 Å². The van der Waals surface area contributed by atoms with Crippen LogP contribution >= 0.6 is 11.8 Å². The zero-order valence-corrected chi connectivity index (χ0v) is 17.3. The van der Waals surface area contributed by atoms with Crippen LogP contribution in [-0.2, 0) is 14.3 Å². The molecule has 8 heteroatoms. The topological polar surface area (TPSA) is 108 Å². The maximum atomic E-state index is 12.3. The number of nitriles is 1. The molecule has 0 radical (unpaired) electrons. The van der Waals surface area contributed by atoms with Crippen molar-refractivity contribution in [2.75, 3.05) is 24.2 Å². The van der Waals surface area contributed by atoms with E-state index in [2.05, 4.69) is 10.6 Å². The van der Waals surface area contributed by atoms with E-state index in [4.69, 9.17) is 10.00 Å². The van der Waals surface area contributed by atoms with Crippen LogP contribution in [0.2, 0.25) is 0 Å². The minimum Gasteiger partial charge on any atom is -0.454 e. The van der Waals surface area contributed by atoms with Gasteiger partial charge in [0.1, 0.15) is 6.54 Å². The van der Waals surface area contributed by atoms with Gasteiger partial charge in [0.2, 0.25) is 0 Å². The van der Waals surface area contributed by atoms with Crippen LogP contribution in [0.15, 0.2) is 71.6 Å². The minimum atomic E-state index is -0.726. The first-order valence-electron chi connectivity index (χ1n) is 9.38. The van der Waals surface area contributed by atoms with Gasteiger partial charge in [-0.2, -0.15) is 5.26 Å². The number of nitrogens with zero attached hydrogens (tertiary/aromatic N) is 1. The second kappa shape index (κ2) is 10.8. The molecule has 7 nitrogen and oxygen atoms in total. The smallest absolute Gasteiger partial charge is 0.325 e. The number of nitrogens with one attached hydrogen (secondary N) is 2. The van der Waals surface area contributed by atoms with E-state index in [1.807, 2.05) is 36.4 Å². The number of anilines is 1. The summed E-state index contributed by atoms with van der Waals surface area (Å²) in [5, 5.41) is 15.8. The van der Waals surface area contributed by atoms with E-state index in [1.165, 1.54) is 11.8 Å². The minimum absolute atomic E-state index is 0.249. The molecule has 0 saturated carbocycles. The largest absolute Gasteiger partial charge is 0.454 e. The Morgan fingerprint density at radius 3 is 2.52 bits per heavy atom. The zero-order chi connectivity index (χ0) is 22.1. The molecular formula is C23H19N3O4S. The van der Waals surface area contributed by atoms with Crippen LogP contribution in [0.5, 0.6) is 0 Å². The highest BCUT2D eigenvalue weighted by Crippen LogP contribution is 2.26. The fourth-order valence-corrected chi connectivity index (χ4v) is 3.44. The Balaban J connectivity index is 1.46. The van der Waals surface area contributed by atoms with Gasteiger partial charge < -0.3 is 15.4 Å². The fraction of sp³-hybridized carbons (Fsp3) is 0.130. The number of benzene rings is 3. The molecule has 0 atom stereocenters. The van der Waals surface area contributed by atoms with Crippen molar-refractivity contribution >= 4 is 46.0 Å². The molecule has 31 heavy (non-hydrogen) atoms. The molecule has 0 aromatic heterocycles. The molecule has 0 aliphatic carbocycles. The Hall–Kier alpha value is -3.83. The van der Waals surface area contributed by atoms with Crippen LogP contribution in [0, 0.1) is 11.3 Å². The summed E-state index contributed by atoms with van der Waals surface area (Å²) in [6.07, 6.45) is 0. The van der Waals surface area contributed by atoms with Gasteiger partial charge in [0.25, 0.3) is 11.8 Å². The van der Waals surface area contributed by atoms with Crippen LogP contribution in [0.4, 0.5) is 5.69 Å². The molecule has 0 spiro atoms. The van der Waals surface area contributed by atoms with Crippen molar-refractivity contribution < 1.29 is 19.1 Å². The lowest BCUT2D eigenvalue weighted by Crippen LogP contribution is -2.32. The first-order valence-corrected chi connectivity index (χ1v) is 10.4. The van der Waals surface area contributed by atoms with Gasteiger partial charge in [0.05, 0.1) is 17.5 Å². The van der Waals surface area contributed by atoms with E-state index in [0.717, 1.165) is 15.7 Å². The maximum absolute atomic E-state index is 12.3. The van der Waals surface area contributed by atoms with Gasteiger partial charge in [0, 0.05) is 10.5 Å². The van der Waals surface area contributed by atoms with Crippen LogP contribution in [0.1, 0.15) is 10.4 Å². The third kappa shape index (κ3) is 6.32. The highest BCUT2D eigenvalue weighted by atomic mass is 32.2. The van der Waals surface area contributed by atoms with E-state index < -0.39 is 24.4 Å². The number of hydrogen-bond donors (Lipinski definition) is 2. The number of para-hydroxylation sites is 1. The predicted octanol–water partition coefficient (Wildman–Crippen LogP) is 3.37. The summed E-state index contributed by atoms with van der Waals surface area (Å²) in [5.74, 6) is -1.40. The molecule has 0 fully saturated rings. The van der Waals surface area contributed by atoms with E-state index in [1.54, 1.807) is 36.4 Å². The van der Waals surface area contributed by atoms with Gasteiger partial charge in [-0.3, -0.25) is 14.4 Å². The Kier molecular flexibility index (Phi) is 7.62. The van der Waals surface area contributed by atoms with Crippen LogP contribution < -0.4 is 10.6 Å². The quantitative estimate of drug-likeness (QED) is 0.417. The normalized spacial score (nSPS) is 10.2. The summed E-state index contributed by atoms with van der Waals surface area (Å²) < 4.78 is 4.93. The molecule has 2 amide bonds. The molecule has 0 saturated heterocycles. The highest BCUT2D eigenvalue weighted by molar-refractivity contribution is 7.99. The average Bonchev–Trinajstić information content (AvgIpc) is 2.80. The average molecular weight is 433 g/mol. The second-order valence-corrected chi connectivity index (χ2v) is 7.41. The number of carbonyl (C=O) groups is 3. The van der Waals surface area contributed by atoms with Gasteiger partial charge in [-0.1, -0.05) is 42.5 Å². The number of rotatable bonds is 8. The molecule has 3 rings (SSSR count). The third-order valence-electron chi connectivity index (χ3n) is 4.22. The van der Waals surface area contributed by atoms with Crippen LogP contribution in [-0.4, -0.2) is 36.7 Å². The Morgan fingerprint density at radius 1 is 0.968 bits per heavy atom. The number of thioether (sulfide) groups is 1. The summed E-state index contributed by atoms with van der Waals surface area (Å²) in [7, 11) is 0. The molecular weight excluding hydrogens is 414 g/mol. The molecule has 0 bridgehead atoms. The number of hydrogen-bond acceptors (Lipinski definition) is 6. The van der Waals surface area contributed by atoms with Gasteiger partial charge in [-0.25, -0.2) is 0 Å². The number of ether oxygens (including phenoxy) is 1. The van der Waals surface area contributed by atoms with E-state index in [9.17, 15) is 14.4 Å². The Morgan fingerprint density at radius 2 is 1.71 bits per heavy atom. The van der Waals surface area contributed by atoms with Crippen molar-refractivity contribution in [1.82, 2.24) is 5.32 Å². The van der Waals surface area contributed by atoms with Gasteiger partial charge >= 0.3 is 5.97 Å². The lowest BCUT2D eigenvalue weighted by atomic mass is 10.1. The third-order valence-corrected chi connectivity index (χ3v) is 5.16. The van der Waals surface area contributed by atoms with Crippen molar-refractivity contribution in [2.24, 2.45) is 0 Å². The number of fused-ring (bicyclic) bond motifs is 1. The van der Waals surface area contributed by atoms with Crippen LogP contribution in [0.25, 0.3) is 10.8 Å². The van der Waals surface area contributed by atoms with E-state index in [-0.39, 0.29) is 12.3 Å². The first-order chi connectivity index (χ1) is 15.1. The molecule has 2 N–H and O–H groups in total. The monoisotopic (exact) mass is 433 g/mol. The summed E-state index contributed by atoms with van der Waals surface area (Å²) in [5.41, 5.74) is 0.962. The SMILES string of the molecule is N#CCSc1ccccc1NC(=O)COC(=O)CNC(=O)c1ccc2ccccc2c1. The van der Waals surface area contributed by atoms with Crippen molar-refractivity contribution in [2.45, 2.75) is 4.90 Å². The van der Waals surface area contributed by atoms with Gasteiger partial charge in [0.15, 0.2) is 6.61 Å². The Labute approximate surface area is 183 Å². The molecule has 3 aromatic rings.